The van der Waals surface area contributed by atoms with E-state index in [9.17, 15) is 0 Å². The van der Waals surface area contributed by atoms with Crippen LogP contribution in [0.4, 0.5) is 0 Å². The van der Waals surface area contributed by atoms with Crippen molar-refractivity contribution in [2.45, 2.75) is 31.9 Å². The minimum atomic E-state index is 0.362. The van der Waals surface area contributed by atoms with Crippen LogP contribution in [0.5, 0.6) is 5.75 Å². The first-order valence-corrected chi connectivity index (χ1v) is 8.67. The van der Waals surface area contributed by atoms with Crippen molar-refractivity contribution in [1.82, 2.24) is 4.90 Å². The molecule has 0 radical (unpaired) electrons. The van der Waals surface area contributed by atoms with Crippen molar-refractivity contribution >= 4 is 23.2 Å². The van der Waals surface area contributed by atoms with Gasteiger partial charge in [0, 0.05) is 21.7 Å². The van der Waals surface area contributed by atoms with Gasteiger partial charge in [-0.25, -0.2) is 0 Å². The lowest BCUT2D eigenvalue weighted by molar-refractivity contribution is 0.260. The average Bonchev–Trinajstić information content (AvgIpc) is 2.54. The van der Waals surface area contributed by atoms with Crippen molar-refractivity contribution in [2.75, 3.05) is 14.1 Å². The summed E-state index contributed by atoms with van der Waals surface area (Å²) in [6.07, 6.45) is 3.31. The first-order valence-electron chi connectivity index (χ1n) is 7.91. The van der Waals surface area contributed by atoms with E-state index >= 15 is 0 Å². The fourth-order valence-electron chi connectivity index (χ4n) is 3.29. The van der Waals surface area contributed by atoms with Crippen LogP contribution in [0.3, 0.4) is 0 Å². The quantitative estimate of drug-likeness (QED) is 0.721. The number of ether oxygens (including phenoxy) is 1. The Morgan fingerprint density at radius 3 is 2.74 bits per heavy atom. The van der Waals surface area contributed by atoms with Crippen LogP contribution >= 0.6 is 23.2 Å². The fourth-order valence-corrected chi connectivity index (χ4v) is 3.81. The lowest BCUT2D eigenvalue weighted by atomic mass is 9.86. The number of benzene rings is 2. The second-order valence-electron chi connectivity index (χ2n) is 6.23. The zero-order valence-corrected chi connectivity index (χ0v) is 15.0. The van der Waals surface area contributed by atoms with Gasteiger partial charge in [-0.2, -0.15) is 0 Å². The van der Waals surface area contributed by atoms with Gasteiger partial charge in [0.25, 0.3) is 0 Å². The van der Waals surface area contributed by atoms with Crippen molar-refractivity contribution in [3.63, 3.8) is 0 Å². The van der Waals surface area contributed by atoms with Gasteiger partial charge in [-0.15, -0.1) is 0 Å². The van der Waals surface area contributed by atoms with Crippen molar-refractivity contribution in [1.29, 1.82) is 0 Å². The molecule has 2 aromatic carbocycles. The van der Waals surface area contributed by atoms with E-state index < -0.39 is 0 Å². The van der Waals surface area contributed by atoms with Gasteiger partial charge in [0.05, 0.1) is 0 Å². The standard InChI is InChI=1S/C19H21Cl2NO/c1-22(2)17-8-4-7-15-18(10-9-16(21)19(15)17)23-12-13-5-3-6-14(20)11-13/h3,5-6,9-11,17H,4,7-8,12H2,1-2H3. The van der Waals surface area contributed by atoms with Crippen LogP contribution in [-0.2, 0) is 13.0 Å². The number of fused-ring (bicyclic) bond motifs is 1. The van der Waals surface area contributed by atoms with Crippen LogP contribution in [0.25, 0.3) is 0 Å². The third kappa shape index (κ3) is 3.65. The van der Waals surface area contributed by atoms with Crippen LogP contribution in [-0.4, -0.2) is 19.0 Å². The molecular weight excluding hydrogens is 329 g/mol. The second kappa shape index (κ2) is 7.12. The topological polar surface area (TPSA) is 12.5 Å². The van der Waals surface area contributed by atoms with Gasteiger partial charge in [0.2, 0.25) is 0 Å². The largest absolute Gasteiger partial charge is 0.489 e. The molecule has 0 saturated carbocycles. The third-order valence-electron chi connectivity index (χ3n) is 4.41. The molecule has 0 saturated heterocycles. The first kappa shape index (κ1) is 16.6. The minimum Gasteiger partial charge on any atom is -0.489 e. The third-order valence-corrected chi connectivity index (χ3v) is 4.97. The molecule has 0 fully saturated rings. The summed E-state index contributed by atoms with van der Waals surface area (Å²) < 4.78 is 6.09. The van der Waals surface area contributed by atoms with E-state index in [1.54, 1.807) is 0 Å². The molecule has 122 valence electrons. The van der Waals surface area contributed by atoms with Gasteiger partial charge in [-0.05, 0) is 68.8 Å². The van der Waals surface area contributed by atoms with Crippen LogP contribution < -0.4 is 4.74 Å². The molecule has 0 N–H and O–H groups in total. The summed E-state index contributed by atoms with van der Waals surface area (Å²) in [5, 5.41) is 1.57. The van der Waals surface area contributed by atoms with Crippen molar-refractivity contribution in [3.8, 4) is 5.75 Å². The van der Waals surface area contributed by atoms with Crippen molar-refractivity contribution in [3.05, 3.63) is 63.1 Å². The highest BCUT2D eigenvalue weighted by Gasteiger charge is 2.27. The summed E-state index contributed by atoms with van der Waals surface area (Å²) in [5.74, 6) is 0.941. The Kier molecular flexibility index (Phi) is 5.15. The maximum atomic E-state index is 6.49. The molecule has 0 bridgehead atoms. The molecule has 1 aliphatic carbocycles. The highest BCUT2D eigenvalue weighted by atomic mass is 35.5. The Bertz CT molecular complexity index is 700. The number of halogens is 2. The van der Waals surface area contributed by atoms with Crippen LogP contribution in [0.15, 0.2) is 36.4 Å². The predicted octanol–water partition coefficient (Wildman–Crippen LogP) is 5.51. The summed E-state index contributed by atoms with van der Waals surface area (Å²) in [5.41, 5.74) is 3.55. The monoisotopic (exact) mass is 349 g/mol. The molecule has 4 heteroatoms. The van der Waals surface area contributed by atoms with E-state index in [1.165, 1.54) is 11.1 Å². The molecular formula is C19H21Cl2NO. The Labute approximate surface area is 148 Å². The van der Waals surface area contributed by atoms with Gasteiger partial charge in [-0.3, -0.25) is 0 Å². The van der Waals surface area contributed by atoms with Crippen molar-refractivity contribution in [2.24, 2.45) is 0 Å². The first-order chi connectivity index (χ1) is 11.1. The number of nitrogens with zero attached hydrogens (tertiary/aromatic N) is 1. The predicted molar refractivity (Wildman–Crippen MR) is 96.6 cm³/mol. The molecule has 0 aromatic heterocycles. The van der Waals surface area contributed by atoms with E-state index in [-0.39, 0.29) is 0 Å². The maximum absolute atomic E-state index is 6.49. The van der Waals surface area contributed by atoms with E-state index in [0.717, 1.165) is 40.6 Å². The van der Waals surface area contributed by atoms with Gasteiger partial charge >= 0.3 is 0 Å². The molecule has 1 aliphatic rings. The van der Waals surface area contributed by atoms with Crippen LogP contribution in [0, 0.1) is 0 Å². The number of hydrogen-bond donors (Lipinski definition) is 0. The van der Waals surface area contributed by atoms with Gasteiger partial charge in [0.1, 0.15) is 12.4 Å². The smallest absolute Gasteiger partial charge is 0.123 e. The highest BCUT2D eigenvalue weighted by Crippen LogP contribution is 2.42. The maximum Gasteiger partial charge on any atom is 0.123 e. The SMILES string of the molecule is CN(C)C1CCCc2c(OCc3cccc(Cl)c3)ccc(Cl)c21. The molecule has 1 unspecified atom stereocenters. The normalized spacial score (nSPS) is 17.2. The molecule has 0 spiro atoms. The van der Waals surface area contributed by atoms with Crippen molar-refractivity contribution < 1.29 is 4.74 Å². The second-order valence-corrected chi connectivity index (χ2v) is 7.07. The molecule has 2 nitrogen and oxygen atoms in total. The number of rotatable bonds is 4. The van der Waals surface area contributed by atoms with E-state index in [1.807, 2.05) is 36.4 Å². The molecule has 0 aliphatic heterocycles. The molecule has 0 amide bonds. The molecule has 2 aromatic rings. The van der Waals surface area contributed by atoms with Gasteiger partial charge in [0.15, 0.2) is 0 Å². The fraction of sp³-hybridized carbons (Fsp3) is 0.368. The summed E-state index contributed by atoms with van der Waals surface area (Å²) in [6.45, 7) is 0.515. The summed E-state index contributed by atoms with van der Waals surface area (Å²) >= 11 is 12.5. The highest BCUT2D eigenvalue weighted by molar-refractivity contribution is 6.31. The zero-order valence-electron chi connectivity index (χ0n) is 13.5. The number of hydrogen-bond acceptors (Lipinski definition) is 2. The lowest BCUT2D eigenvalue weighted by Gasteiger charge is -2.32. The Balaban J connectivity index is 1.87. The van der Waals surface area contributed by atoms with Gasteiger partial charge in [-0.1, -0.05) is 35.3 Å². The summed E-state index contributed by atoms with van der Waals surface area (Å²) in [6, 6.07) is 12.1. The minimum absolute atomic E-state index is 0.362. The average molecular weight is 350 g/mol. The Hall–Kier alpha value is -1.22. The van der Waals surface area contributed by atoms with E-state index in [0.29, 0.717) is 12.6 Å². The van der Waals surface area contributed by atoms with E-state index in [2.05, 4.69) is 19.0 Å². The van der Waals surface area contributed by atoms with E-state index in [4.69, 9.17) is 27.9 Å². The van der Waals surface area contributed by atoms with Crippen LogP contribution in [0.2, 0.25) is 10.0 Å². The lowest BCUT2D eigenvalue weighted by Crippen LogP contribution is -2.25. The molecule has 23 heavy (non-hydrogen) atoms. The molecule has 3 rings (SSSR count). The van der Waals surface area contributed by atoms with Crippen LogP contribution in [0.1, 0.15) is 35.6 Å². The summed E-state index contributed by atoms with van der Waals surface area (Å²) in [4.78, 5) is 2.24. The Morgan fingerprint density at radius 1 is 1.17 bits per heavy atom. The Morgan fingerprint density at radius 2 is 2.00 bits per heavy atom. The van der Waals surface area contributed by atoms with Gasteiger partial charge < -0.3 is 9.64 Å². The molecule has 0 heterocycles. The molecule has 1 atom stereocenters. The zero-order chi connectivity index (χ0) is 16.4. The summed E-state index contributed by atoms with van der Waals surface area (Å²) in [7, 11) is 4.21.